The molecular weight excluding hydrogens is 372 g/mol. The van der Waals surface area contributed by atoms with Gasteiger partial charge < -0.3 is 16.0 Å². The monoisotopic (exact) mass is 394 g/mol. The fraction of sp³-hybridized carbons (Fsp3) is 0.389. The number of hydrogen-bond donors (Lipinski definition) is 2. The number of carbonyl (C=O) groups excluding carboxylic acids is 2. The summed E-state index contributed by atoms with van der Waals surface area (Å²) in [5, 5.41) is 5.65. The largest absolute Gasteiger partial charge is 0.342 e. The third-order valence-electron chi connectivity index (χ3n) is 4.22. The van der Waals surface area contributed by atoms with Crippen molar-refractivity contribution >= 4 is 35.6 Å². The topological polar surface area (TPSA) is 88.3 Å². The van der Waals surface area contributed by atoms with E-state index in [4.69, 9.17) is 5.73 Å². The number of thiazole rings is 1. The number of halogens is 1. The first kappa shape index (κ1) is 20.4. The van der Waals surface area contributed by atoms with Crippen LogP contribution in [0.5, 0.6) is 0 Å². The Kier molecular flexibility index (Phi) is 7.56. The van der Waals surface area contributed by atoms with Gasteiger partial charge in [0.05, 0.1) is 11.0 Å². The van der Waals surface area contributed by atoms with Gasteiger partial charge in [0.1, 0.15) is 5.69 Å². The molecule has 1 atom stereocenters. The summed E-state index contributed by atoms with van der Waals surface area (Å²) < 4.78 is 0. The highest BCUT2D eigenvalue weighted by Crippen LogP contribution is 2.19. The van der Waals surface area contributed by atoms with Gasteiger partial charge in [-0.2, -0.15) is 0 Å². The lowest BCUT2D eigenvalue weighted by molar-refractivity contribution is -0.128. The number of amides is 2. The van der Waals surface area contributed by atoms with E-state index in [2.05, 4.69) is 10.3 Å². The normalized spacial score (nSPS) is 14.8. The number of nitrogens with one attached hydrogen (secondary N) is 1. The second-order valence-electron chi connectivity index (χ2n) is 6.05. The summed E-state index contributed by atoms with van der Waals surface area (Å²) in [6.07, 6.45) is 2.13. The van der Waals surface area contributed by atoms with Crippen molar-refractivity contribution in [1.82, 2.24) is 15.2 Å². The van der Waals surface area contributed by atoms with Crippen LogP contribution in [0.25, 0.3) is 0 Å². The highest BCUT2D eigenvalue weighted by atomic mass is 35.5. The molecule has 3 rings (SSSR count). The molecule has 1 aliphatic rings. The molecule has 1 unspecified atom stereocenters. The molecule has 0 saturated carbocycles. The maximum atomic E-state index is 12.6. The Morgan fingerprint density at radius 2 is 2.12 bits per heavy atom. The van der Waals surface area contributed by atoms with Gasteiger partial charge in [-0.1, -0.05) is 30.3 Å². The molecule has 2 aromatic rings. The maximum Gasteiger partial charge on any atom is 0.271 e. The van der Waals surface area contributed by atoms with Crippen LogP contribution in [0.15, 0.2) is 35.7 Å². The molecule has 0 aliphatic carbocycles. The molecule has 2 heterocycles. The van der Waals surface area contributed by atoms with Gasteiger partial charge in [0.2, 0.25) is 5.91 Å². The van der Waals surface area contributed by atoms with E-state index in [-0.39, 0.29) is 30.3 Å². The van der Waals surface area contributed by atoms with Crippen LogP contribution in [0.3, 0.4) is 0 Å². The minimum absolute atomic E-state index is 0. The van der Waals surface area contributed by atoms with Crippen LogP contribution >= 0.6 is 23.7 Å². The van der Waals surface area contributed by atoms with Crippen LogP contribution in [0.1, 0.15) is 39.9 Å². The number of hydrogen-bond acceptors (Lipinski definition) is 5. The van der Waals surface area contributed by atoms with E-state index in [1.54, 1.807) is 5.38 Å². The van der Waals surface area contributed by atoms with Gasteiger partial charge in [0.15, 0.2) is 0 Å². The summed E-state index contributed by atoms with van der Waals surface area (Å²) in [5.74, 6) is -0.0749. The molecule has 1 aromatic heterocycles. The van der Waals surface area contributed by atoms with Crippen molar-refractivity contribution in [3.63, 3.8) is 0 Å². The first-order valence-electron chi connectivity index (χ1n) is 8.45. The van der Waals surface area contributed by atoms with Crippen molar-refractivity contribution in [2.24, 2.45) is 5.73 Å². The first-order valence-corrected chi connectivity index (χ1v) is 9.33. The van der Waals surface area contributed by atoms with Crippen molar-refractivity contribution in [1.29, 1.82) is 0 Å². The fourth-order valence-corrected chi connectivity index (χ4v) is 3.72. The molecule has 1 fully saturated rings. The van der Waals surface area contributed by atoms with E-state index in [0.29, 0.717) is 31.6 Å². The number of carbonyl (C=O) groups is 2. The Morgan fingerprint density at radius 3 is 2.77 bits per heavy atom. The Balaban J connectivity index is 0.00000243. The number of rotatable bonds is 7. The third-order valence-corrected chi connectivity index (χ3v) is 5.13. The Hall–Kier alpha value is -1.96. The molecule has 0 bridgehead atoms. The van der Waals surface area contributed by atoms with E-state index in [9.17, 15) is 9.59 Å². The zero-order valence-corrected chi connectivity index (χ0v) is 16.0. The van der Waals surface area contributed by atoms with Gasteiger partial charge in [-0.15, -0.1) is 23.7 Å². The van der Waals surface area contributed by atoms with Crippen LogP contribution in [0, 0.1) is 0 Å². The van der Waals surface area contributed by atoms with Crippen molar-refractivity contribution in [3.8, 4) is 0 Å². The van der Waals surface area contributed by atoms with Gasteiger partial charge in [0, 0.05) is 31.3 Å². The SMILES string of the molecule is Cl.NCCc1nc(C(=O)NC(CN2CCCC2=O)c2ccccc2)cs1. The van der Waals surface area contributed by atoms with Crippen LogP contribution in [-0.2, 0) is 11.2 Å². The molecule has 1 saturated heterocycles. The minimum atomic E-state index is -0.254. The molecule has 0 radical (unpaired) electrons. The molecule has 140 valence electrons. The molecule has 1 aromatic carbocycles. The number of likely N-dealkylation sites (tertiary alicyclic amines) is 1. The number of nitrogens with two attached hydrogens (primary N) is 1. The van der Waals surface area contributed by atoms with Gasteiger partial charge in [-0.3, -0.25) is 9.59 Å². The minimum Gasteiger partial charge on any atom is -0.342 e. The first-order chi connectivity index (χ1) is 12.2. The van der Waals surface area contributed by atoms with E-state index in [1.165, 1.54) is 11.3 Å². The molecule has 2 amide bonds. The van der Waals surface area contributed by atoms with E-state index < -0.39 is 0 Å². The van der Waals surface area contributed by atoms with E-state index in [0.717, 1.165) is 23.5 Å². The lowest BCUT2D eigenvalue weighted by Crippen LogP contribution is -2.38. The second kappa shape index (κ2) is 9.66. The smallest absolute Gasteiger partial charge is 0.271 e. The summed E-state index contributed by atoms with van der Waals surface area (Å²) in [7, 11) is 0. The zero-order valence-electron chi connectivity index (χ0n) is 14.4. The van der Waals surface area contributed by atoms with Gasteiger partial charge in [0.25, 0.3) is 5.91 Å². The number of aromatic nitrogens is 1. The van der Waals surface area contributed by atoms with Gasteiger partial charge >= 0.3 is 0 Å². The highest BCUT2D eigenvalue weighted by Gasteiger charge is 2.26. The van der Waals surface area contributed by atoms with Crippen molar-refractivity contribution < 1.29 is 9.59 Å². The summed E-state index contributed by atoms with van der Waals surface area (Å²) in [6.45, 7) is 1.74. The van der Waals surface area contributed by atoms with Crippen LogP contribution in [-0.4, -0.2) is 41.3 Å². The van der Waals surface area contributed by atoms with Gasteiger partial charge in [-0.25, -0.2) is 4.98 Å². The average molecular weight is 395 g/mol. The second-order valence-corrected chi connectivity index (χ2v) is 6.99. The quantitative estimate of drug-likeness (QED) is 0.753. The predicted octanol–water partition coefficient (Wildman–Crippen LogP) is 2.16. The zero-order chi connectivity index (χ0) is 17.6. The summed E-state index contributed by atoms with van der Waals surface area (Å²) >= 11 is 1.44. The van der Waals surface area contributed by atoms with Gasteiger partial charge in [-0.05, 0) is 18.5 Å². The average Bonchev–Trinajstić information content (AvgIpc) is 3.25. The Bertz CT molecular complexity index is 738. The predicted molar refractivity (Wildman–Crippen MR) is 105 cm³/mol. The summed E-state index contributed by atoms with van der Waals surface area (Å²) in [4.78, 5) is 30.7. The third kappa shape index (κ3) is 5.03. The Labute approximate surface area is 163 Å². The van der Waals surface area contributed by atoms with E-state index >= 15 is 0 Å². The van der Waals surface area contributed by atoms with Crippen LogP contribution in [0.2, 0.25) is 0 Å². The molecule has 3 N–H and O–H groups in total. The molecule has 8 heteroatoms. The van der Waals surface area contributed by atoms with Crippen molar-refractivity contribution in [2.75, 3.05) is 19.6 Å². The maximum absolute atomic E-state index is 12.6. The molecule has 0 spiro atoms. The lowest BCUT2D eigenvalue weighted by atomic mass is 10.1. The molecular formula is C18H23ClN4O2S. The molecule has 1 aliphatic heterocycles. The number of nitrogens with zero attached hydrogens (tertiary/aromatic N) is 2. The lowest BCUT2D eigenvalue weighted by Gasteiger charge is -2.25. The summed E-state index contributed by atoms with van der Waals surface area (Å²) in [6, 6.07) is 9.47. The standard InChI is InChI=1S/C18H22N4O2S.ClH/c19-9-8-16-20-15(12-25-16)18(24)21-14(13-5-2-1-3-6-13)11-22-10-4-7-17(22)23;/h1-3,5-6,12,14H,4,7-11,19H2,(H,21,24);1H. The highest BCUT2D eigenvalue weighted by molar-refractivity contribution is 7.09. The fourth-order valence-electron chi connectivity index (χ4n) is 2.92. The van der Waals surface area contributed by atoms with E-state index in [1.807, 2.05) is 35.2 Å². The summed E-state index contributed by atoms with van der Waals surface area (Å²) in [5.41, 5.74) is 6.92. The molecule has 6 nitrogen and oxygen atoms in total. The Morgan fingerprint density at radius 1 is 1.35 bits per heavy atom. The van der Waals surface area contributed by atoms with Crippen molar-refractivity contribution in [2.45, 2.75) is 25.3 Å². The van der Waals surface area contributed by atoms with Crippen LogP contribution < -0.4 is 11.1 Å². The molecule has 26 heavy (non-hydrogen) atoms. The number of benzene rings is 1. The van der Waals surface area contributed by atoms with Crippen LogP contribution in [0.4, 0.5) is 0 Å². The van der Waals surface area contributed by atoms with Crippen molar-refractivity contribution in [3.05, 3.63) is 52.0 Å².